The third-order valence-corrected chi connectivity index (χ3v) is 3.80. The highest BCUT2D eigenvalue weighted by Crippen LogP contribution is 2.20. The van der Waals surface area contributed by atoms with E-state index in [2.05, 4.69) is 26.6 Å². The van der Waals surface area contributed by atoms with Gasteiger partial charge in [-0.15, -0.1) is 0 Å². The van der Waals surface area contributed by atoms with Crippen molar-refractivity contribution in [2.75, 3.05) is 17.2 Å². The maximum absolute atomic E-state index is 11.9. The molecule has 0 radical (unpaired) electrons. The van der Waals surface area contributed by atoms with Crippen LogP contribution < -0.4 is 10.6 Å². The number of rotatable bonds is 4. The van der Waals surface area contributed by atoms with Gasteiger partial charge >= 0.3 is 0 Å². The number of carbonyl (C=O) groups is 1. The summed E-state index contributed by atoms with van der Waals surface area (Å²) in [7, 11) is 0. The Kier molecular flexibility index (Phi) is 4.96. The quantitative estimate of drug-likeness (QED) is 0.889. The smallest absolute Gasteiger partial charge is 0.243 e. The van der Waals surface area contributed by atoms with E-state index in [1.807, 2.05) is 31.2 Å². The van der Waals surface area contributed by atoms with Crippen molar-refractivity contribution >= 4 is 33.2 Å². The third kappa shape index (κ3) is 4.07. The molecule has 2 rings (SSSR count). The second-order valence-corrected chi connectivity index (χ2v) is 5.38. The topological polar surface area (TPSA) is 64.9 Å². The van der Waals surface area contributed by atoms with Crippen molar-refractivity contribution in [1.29, 1.82) is 5.26 Å². The van der Waals surface area contributed by atoms with Crippen molar-refractivity contribution in [2.45, 2.75) is 6.92 Å². The summed E-state index contributed by atoms with van der Waals surface area (Å²) in [6.45, 7) is 2.13. The summed E-state index contributed by atoms with van der Waals surface area (Å²) in [5.41, 5.74) is 2.96. The molecule has 5 heteroatoms. The molecule has 2 aromatic carbocycles. The van der Waals surface area contributed by atoms with E-state index in [0.717, 1.165) is 15.7 Å². The van der Waals surface area contributed by atoms with Crippen LogP contribution >= 0.6 is 15.9 Å². The zero-order valence-electron chi connectivity index (χ0n) is 11.5. The average molecular weight is 344 g/mol. The molecule has 21 heavy (non-hydrogen) atoms. The van der Waals surface area contributed by atoms with Crippen molar-refractivity contribution in [2.24, 2.45) is 0 Å². The fraction of sp³-hybridized carbons (Fsp3) is 0.125. The largest absolute Gasteiger partial charge is 0.376 e. The summed E-state index contributed by atoms with van der Waals surface area (Å²) >= 11 is 3.45. The molecule has 0 saturated heterocycles. The maximum Gasteiger partial charge on any atom is 0.243 e. The van der Waals surface area contributed by atoms with E-state index in [4.69, 9.17) is 5.26 Å². The van der Waals surface area contributed by atoms with Gasteiger partial charge < -0.3 is 10.6 Å². The molecule has 0 fully saturated rings. The van der Waals surface area contributed by atoms with Gasteiger partial charge in [0.15, 0.2) is 0 Å². The Morgan fingerprint density at radius 2 is 2.05 bits per heavy atom. The summed E-state index contributed by atoms with van der Waals surface area (Å²) in [5.74, 6) is -0.200. The molecule has 0 atom stereocenters. The molecule has 0 aromatic heterocycles. The van der Waals surface area contributed by atoms with Gasteiger partial charge in [0.05, 0.1) is 17.8 Å². The van der Waals surface area contributed by atoms with Crippen LogP contribution in [-0.4, -0.2) is 12.5 Å². The molecular weight excluding hydrogens is 330 g/mol. The second-order valence-electron chi connectivity index (χ2n) is 4.52. The lowest BCUT2D eigenvalue weighted by Crippen LogP contribution is -2.22. The predicted octanol–water partition coefficient (Wildman–Crippen LogP) is 3.68. The first-order valence-electron chi connectivity index (χ1n) is 6.39. The van der Waals surface area contributed by atoms with Crippen molar-refractivity contribution in [3.63, 3.8) is 0 Å². The van der Waals surface area contributed by atoms with Gasteiger partial charge in [-0.2, -0.15) is 5.26 Å². The summed E-state index contributed by atoms with van der Waals surface area (Å²) in [5, 5.41) is 14.7. The third-order valence-electron chi connectivity index (χ3n) is 2.95. The number of carbonyl (C=O) groups excluding carboxylic acids is 1. The molecule has 0 aliphatic rings. The summed E-state index contributed by atoms with van der Waals surface area (Å²) in [6.07, 6.45) is 0. The van der Waals surface area contributed by atoms with Crippen molar-refractivity contribution in [3.8, 4) is 6.07 Å². The van der Waals surface area contributed by atoms with Crippen molar-refractivity contribution in [3.05, 3.63) is 58.1 Å². The van der Waals surface area contributed by atoms with Gasteiger partial charge in [-0.25, -0.2) is 0 Å². The Bertz CT molecular complexity index is 707. The molecule has 0 unspecified atom stereocenters. The van der Waals surface area contributed by atoms with E-state index in [0.29, 0.717) is 11.3 Å². The first-order valence-corrected chi connectivity index (χ1v) is 7.18. The zero-order chi connectivity index (χ0) is 15.2. The number of hydrogen-bond donors (Lipinski definition) is 2. The highest BCUT2D eigenvalue weighted by Gasteiger charge is 2.06. The van der Waals surface area contributed by atoms with Crippen LogP contribution in [0.15, 0.2) is 46.9 Å². The Morgan fingerprint density at radius 3 is 2.76 bits per heavy atom. The van der Waals surface area contributed by atoms with Crippen LogP contribution in [0.1, 0.15) is 11.1 Å². The first kappa shape index (κ1) is 15.1. The monoisotopic (exact) mass is 343 g/mol. The number of benzene rings is 2. The Morgan fingerprint density at radius 1 is 1.29 bits per heavy atom. The van der Waals surface area contributed by atoms with Crippen LogP contribution in [0.2, 0.25) is 0 Å². The van der Waals surface area contributed by atoms with Gasteiger partial charge in [0.1, 0.15) is 6.07 Å². The lowest BCUT2D eigenvalue weighted by Gasteiger charge is -2.09. The molecular formula is C16H14BrN3O. The van der Waals surface area contributed by atoms with Gasteiger partial charge in [-0.3, -0.25) is 4.79 Å². The standard InChI is InChI=1S/C16H14BrN3O/c1-11-6-7-13(8-14(11)17)19-10-16(21)20-15-5-3-2-4-12(15)9-18/h2-8,19H,10H2,1H3,(H,20,21). The number of halogens is 1. The summed E-state index contributed by atoms with van der Waals surface area (Å²) < 4.78 is 0.989. The number of nitrogens with zero attached hydrogens (tertiary/aromatic N) is 1. The van der Waals surface area contributed by atoms with Gasteiger partial charge in [0, 0.05) is 10.2 Å². The maximum atomic E-state index is 11.9. The molecule has 1 amide bonds. The average Bonchev–Trinajstić information content (AvgIpc) is 2.49. The van der Waals surface area contributed by atoms with Gasteiger partial charge in [-0.1, -0.05) is 34.1 Å². The molecule has 106 valence electrons. The van der Waals surface area contributed by atoms with Crippen molar-refractivity contribution in [1.82, 2.24) is 0 Å². The number of hydrogen-bond acceptors (Lipinski definition) is 3. The van der Waals surface area contributed by atoms with E-state index < -0.39 is 0 Å². The van der Waals surface area contributed by atoms with E-state index in [9.17, 15) is 4.79 Å². The van der Waals surface area contributed by atoms with Crippen LogP contribution in [0.4, 0.5) is 11.4 Å². The minimum absolute atomic E-state index is 0.134. The fourth-order valence-corrected chi connectivity index (χ4v) is 2.15. The van der Waals surface area contributed by atoms with Gasteiger partial charge in [0.2, 0.25) is 5.91 Å². The van der Waals surface area contributed by atoms with E-state index in [1.54, 1.807) is 24.3 Å². The molecule has 0 bridgehead atoms. The van der Waals surface area contributed by atoms with Crippen LogP contribution in [0.3, 0.4) is 0 Å². The SMILES string of the molecule is Cc1ccc(NCC(=O)Nc2ccccc2C#N)cc1Br. The number of nitriles is 1. The van der Waals surface area contributed by atoms with Crippen LogP contribution in [0.5, 0.6) is 0 Å². The first-order chi connectivity index (χ1) is 10.1. The van der Waals surface area contributed by atoms with Crippen LogP contribution in [-0.2, 0) is 4.79 Å². The van der Waals surface area contributed by atoms with E-state index in [1.165, 1.54) is 0 Å². The molecule has 4 nitrogen and oxygen atoms in total. The zero-order valence-corrected chi connectivity index (χ0v) is 13.1. The Balaban J connectivity index is 1.96. The number of amides is 1. The highest BCUT2D eigenvalue weighted by atomic mass is 79.9. The minimum atomic E-state index is -0.200. The molecule has 0 heterocycles. The normalized spacial score (nSPS) is 9.76. The number of anilines is 2. The van der Waals surface area contributed by atoms with Gasteiger partial charge in [0.25, 0.3) is 0 Å². The second kappa shape index (κ2) is 6.91. The molecule has 0 aliphatic heterocycles. The number of nitrogens with one attached hydrogen (secondary N) is 2. The van der Waals surface area contributed by atoms with E-state index >= 15 is 0 Å². The molecule has 0 saturated carbocycles. The molecule has 0 aliphatic carbocycles. The van der Waals surface area contributed by atoms with Crippen LogP contribution in [0.25, 0.3) is 0 Å². The molecule has 2 N–H and O–H groups in total. The van der Waals surface area contributed by atoms with Gasteiger partial charge in [-0.05, 0) is 36.8 Å². The van der Waals surface area contributed by atoms with Crippen LogP contribution in [0, 0.1) is 18.3 Å². The summed E-state index contributed by atoms with van der Waals surface area (Å²) in [6, 6.07) is 14.8. The Labute approximate surface area is 131 Å². The molecule has 0 spiro atoms. The van der Waals surface area contributed by atoms with E-state index in [-0.39, 0.29) is 12.5 Å². The predicted molar refractivity (Wildman–Crippen MR) is 87.2 cm³/mol. The molecule has 2 aromatic rings. The number of para-hydroxylation sites is 1. The minimum Gasteiger partial charge on any atom is -0.376 e. The van der Waals surface area contributed by atoms with Crippen molar-refractivity contribution < 1.29 is 4.79 Å². The number of aryl methyl sites for hydroxylation is 1. The summed E-state index contributed by atoms with van der Waals surface area (Å²) in [4.78, 5) is 11.9. The lowest BCUT2D eigenvalue weighted by atomic mass is 10.2. The lowest BCUT2D eigenvalue weighted by molar-refractivity contribution is -0.114. The Hall–Kier alpha value is -2.32. The highest BCUT2D eigenvalue weighted by molar-refractivity contribution is 9.10. The fourth-order valence-electron chi connectivity index (χ4n) is 1.77.